The van der Waals surface area contributed by atoms with E-state index in [1.807, 2.05) is 6.07 Å². The molecular formula is C14H21N3O3. The van der Waals surface area contributed by atoms with Gasteiger partial charge in [0, 0.05) is 31.7 Å². The van der Waals surface area contributed by atoms with Gasteiger partial charge in [0.2, 0.25) is 0 Å². The first-order valence-corrected chi connectivity index (χ1v) is 6.91. The fraction of sp³-hybridized carbons (Fsp3) is 0.571. The lowest BCUT2D eigenvalue weighted by Gasteiger charge is -2.38. The van der Waals surface area contributed by atoms with E-state index in [4.69, 9.17) is 4.74 Å². The third kappa shape index (κ3) is 3.46. The quantitative estimate of drug-likeness (QED) is 0.609. The molecule has 1 aliphatic heterocycles. The molecule has 0 bridgehead atoms. The topological polar surface area (TPSA) is 67.6 Å². The van der Waals surface area contributed by atoms with E-state index in [0.717, 1.165) is 38.2 Å². The Bertz CT molecular complexity index is 475. The lowest BCUT2D eigenvalue weighted by Crippen LogP contribution is -2.56. The van der Waals surface area contributed by atoms with Crippen LogP contribution in [-0.2, 0) is 6.54 Å². The standard InChI is InChI=1S/C14H21N3O3/c1-3-4-16(13-8-15-9-13)10-11-5-12(17(18)19)7-14(6-11)20-2/h5-7,13,15H,3-4,8-10H2,1-2H3. The molecule has 20 heavy (non-hydrogen) atoms. The van der Waals surface area contributed by atoms with Crippen molar-refractivity contribution in [2.75, 3.05) is 26.7 Å². The molecule has 2 rings (SSSR count). The number of benzene rings is 1. The van der Waals surface area contributed by atoms with Gasteiger partial charge in [-0.1, -0.05) is 6.92 Å². The summed E-state index contributed by atoms with van der Waals surface area (Å²) in [5.74, 6) is 0.539. The summed E-state index contributed by atoms with van der Waals surface area (Å²) in [5, 5.41) is 14.2. The lowest BCUT2D eigenvalue weighted by atomic mass is 10.1. The van der Waals surface area contributed by atoms with E-state index in [-0.39, 0.29) is 10.6 Å². The molecule has 0 unspecified atom stereocenters. The Balaban J connectivity index is 2.17. The second-order valence-corrected chi connectivity index (χ2v) is 5.08. The number of nitrogens with one attached hydrogen (secondary N) is 1. The third-order valence-electron chi connectivity index (χ3n) is 3.57. The van der Waals surface area contributed by atoms with Crippen LogP contribution in [0.5, 0.6) is 5.75 Å². The number of hydrogen-bond donors (Lipinski definition) is 1. The molecule has 1 N–H and O–H groups in total. The zero-order valence-corrected chi connectivity index (χ0v) is 12.0. The van der Waals surface area contributed by atoms with E-state index in [9.17, 15) is 10.1 Å². The molecule has 0 aliphatic carbocycles. The Morgan fingerprint density at radius 3 is 2.70 bits per heavy atom. The first-order chi connectivity index (χ1) is 9.63. The number of hydrogen-bond acceptors (Lipinski definition) is 5. The molecule has 0 saturated carbocycles. The van der Waals surface area contributed by atoms with Gasteiger partial charge < -0.3 is 10.1 Å². The molecule has 1 fully saturated rings. The van der Waals surface area contributed by atoms with Crippen molar-refractivity contribution < 1.29 is 9.66 Å². The number of ether oxygens (including phenoxy) is 1. The number of nitro groups is 1. The van der Waals surface area contributed by atoms with Crippen molar-refractivity contribution in [3.05, 3.63) is 33.9 Å². The molecule has 1 saturated heterocycles. The van der Waals surface area contributed by atoms with Crippen LogP contribution in [0.4, 0.5) is 5.69 Å². The molecule has 0 atom stereocenters. The molecule has 0 aromatic heterocycles. The van der Waals surface area contributed by atoms with Gasteiger partial charge in [0.15, 0.2) is 0 Å². The van der Waals surface area contributed by atoms with Gasteiger partial charge in [0.05, 0.1) is 18.1 Å². The fourth-order valence-corrected chi connectivity index (χ4v) is 2.40. The van der Waals surface area contributed by atoms with E-state index in [2.05, 4.69) is 17.1 Å². The maximum absolute atomic E-state index is 11.0. The third-order valence-corrected chi connectivity index (χ3v) is 3.57. The smallest absolute Gasteiger partial charge is 0.273 e. The monoisotopic (exact) mass is 279 g/mol. The molecule has 0 radical (unpaired) electrons. The van der Waals surface area contributed by atoms with Crippen LogP contribution in [0, 0.1) is 10.1 Å². The summed E-state index contributed by atoms with van der Waals surface area (Å²) >= 11 is 0. The van der Waals surface area contributed by atoms with Crippen LogP contribution in [0.3, 0.4) is 0 Å². The van der Waals surface area contributed by atoms with Crippen molar-refractivity contribution in [1.82, 2.24) is 10.2 Å². The maximum Gasteiger partial charge on any atom is 0.273 e. The number of methoxy groups -OCH3 is 1. The highest BCUT2D eigenvalue weighted by atomic mass is 16.6. The van der Waals surface area contributed by atoms with Crippen LogP contribution in [0.25, 0.3) is 0 Å². The summed E-state index contributed by atoms with van der Waals surface area (Å²) in [7, 11) is 1.53. The summed E-state index contributed by atoms with van der Waals surface area (Å²) < 4.78 is 5.15. The van der Waals surface area contributed by atoms with E-state index in [1.54, 1.807) is 6.07 Å². The van der Waals surface area contributed by atoms with Gasteiger partial charge in [0.1, 0.15) is 5.75 Å². The molecule has 1 aromatic rings. The average molecular weight is 279 g/mol. The zero-order chi connectivity index (χ0) is 14.5. The van der Waals surface area contributed by atoms with Crippen LogP contribution >= 0.6 is 0 Å². The van der Waals surface area contributed by atoms with Gasteiger partial charge in [0.25, 0.3) is 5.69 Å². The van der Waals surface area contributed by atoms with Crippen molar-refractivity contribution in [2.24, 2.45) is 0 Å². The maximum atomic E-state index is 11.0. The second kappa shape index (κ2) is 6.67. The highest BCUT2D eigenvalue weighted by Crippen LogP contribution is 2.24. The van der Waals surface area contributed by atoms with Crippen LogP contribution in [0.15, 0.2) is 18.2 Å². The molecule has 0 amide bonds. The summed E-state index contributed by atoms with van der Waals surface area (Å²) in [5.41, 5.74) is 1.01. The molecule has 1 heterocycles. The zero-order valence-electron chi connectivity index (χ0n) is 12.0. The van der Waals surface area contributed by atoms with Gasteiger partial charge in [-0.15, -0.1) is 0 Å². The van der Waals surface area contributed by atoms with E-state index in [1.165, 1.54) is 13.2 Å². The molecule has 6 heteroatoms. The first kappa shape index (κ1) is 14.7. The van der Waals surface area contributed by atoms with E-state index in [0.29, 0.717) is 11.8 Å². The van der Waals surface area contributed by atoms with Crippen LogP contribution < -0.4 is 10.1 Å². The summed E-state index contributed by atoms with van der Waals surface area (Å²) in [4.78, 5) is 13.0. The Labute approximate surface area is 118 Å². The summed E-state index contributed by atoms with van der Waals surface area (Å²) in [6, 6.07) is 5.50. The molecule has 1 aliphatic rings. The number of rotatable bonds is 7. The van der Waals surface area contributed by atoms with Crippen molar-refractivity contribution in [1.29, 1.82) is 0 Å². The normalized spacial score (nSPS) is 15.2. The van der Waals surface area contributed by atoms with Crippen molar-refractivity contribution in [3.63, 3.8) is 0 Å². The fourth-order valence-electron chi connectivity index (χ4n) is 2.40. The number of non-ortho nitro benzene ring substituents is 1. The minimum absolute atomic E-state index is 0.0857. The van der Waals surface area contributed by atoms with Gasteiger partial charge in [-0.05, 0) is 24.6 Å². The van der Waals surface area contributed by atoms with Crippen LogP contribution in [0.2, 0.25) is 0 Å². The van der Waals surface area contributed by atoms with E-state index >= 15 is 0 Å². The van der Waals surface area contributed by atoms with Crippen molar-refractivity contribution in [2.45, 2.75) is 25.9 Å². The average Bonchev–Trinajstić information content (AvgIpc) is 2.36. The predicted octanol–water partition coefficient (Wildman–Crippen LogP) is 1.79. The second-order valence-electron chi connectivity index (χ2n) is 5.08. The van der Waals surface area contributed by atoms with Crippen LogP contribution in [0.1, 0.15) is 18.9 Å². The van der Waals surface area contributed by atoms with Crippen LogP contribution in [-0.4, -0.2) is 42.6 Å². The SMILES string of the molecule is CCCN(Cc1cc(OC)cc([N+](=O)[O-])c1)C1CNC1. The summed E-state index contributed by atoms with van der Waals surface area (Å²) in [6.45, 7) is 5.85. The number of nitro benzene ring substituents is 1. The molecular weight excluding hydrogens is 258 g/mol. The first-order valence-electron chi connectivity index (χ1n) is 6.91. The molecule has 6 nitrogen and oxygen atoms in total. The lowest BCUT2D eigenvalue weighted by molar-refractivity contribution is -0.385. The van der Waals surface area contributed by atoms with Gasteiger partial charge in [-0.25, -0.2) is 0 Å². The van der Waals surface area contributed by atoms with E-state index < -0.39 is 0 Å². The number of nitrogens with zero attached hydrogens (tertiary/aromatic N) is 2. The van der Waals surface area contributed by atoms with Gasteiger partial charge >= 0.3 is 0 Å². The highest BCUT2D eigenvalue weighted by Gasteiger charge is 2.24. The molecule has 1 aromatic carbocycles. The minimum atomic E-state index is -0.374. The van der Waals surface area contributed by atoms with Crippen molar-refractivity contribution >= 4 is 5.69 Å². The Morgan fingerprint density at radius 1 is 1.45 bits per heavy atom. The van der Waals surface area contributed by atoms with Gasteiger partial charge in [-0.3, -0.25) is 15.0 Å². The minimum Gasteiger partial charge on any atom is -0.496 e. The highest BCUT2D eigenvalue weighted by molar-refractivity contribution is 5.42. The predicted molar refractivity (Wildman–Crippen MR) is 77.0 cm³/mol. The summed E-state index contributed by atoms with van der Waals surface area (Å²) in [6.07, 6.45) is 1.07. The van der Waals surface area contributed by atoms with Crippen molar-refractivity contribution in [3.8, 4) is 5.75 Å². The molecule has 0 spiro atoms. The largest absolute Gasteiger partial charge is 0.496 e. The molecule has 110 valence electrons. The van der Waals surface area contributed by atoms with Gasteiger partial charge in [-0.2, -0.15) is 0 Å². The Hall–Kier alpha value is -1.66. The Morgan fingerprint density at radius 2 is 2.20 bits per heavy atom. The Kier molecular flexibility index (Phi) is 4.92.